The Bertz CT molecular complexity index is 625. The molecule has 104 valence electrons. The number of aromatic carboxylic acids is 1. The molecule has 2 aromatic rings. The summed E-state index contributed by atoms with van der Waals surface area (Å²) in [6.07, 6.45) is 1.01. The van der Waals surface area contributed by atoms with Crippen molar-refractivity contribution in [1.29, 1.82) is 0 Å². The number of rotatable bonds is 5. The number of hydrogen-bond donors (Lipinski definition) is 2. The zero-order chi connectivity index (χ0) is 14.5. The largest absolute Gasteiger partial charge is 0.478 e. The third-order valence-electron chi connectivity index (χ3n) is 2.61. The van der Waals surface area contributed by atoms with Crippen LogP contribution in [0.25, 0.3) is 0 Å². The van der Waals surface area contributed by atoms with Crippen molar-refractivity contribution < 1.29 is 14.7 Å². The van der Waals surface area contributed by atoms with E-state index in [4.69, 9.17) is 16.7 Å². The molecule has 0 spiro atoms. The Balaban J connectivity index is 1.98. The van der Waals surface area contributed by atoms with Gasteiger partial charge in [-0.15, -0.1) is 11.3 Å². The minimum atomic E-state index is -1.08. The van der Waals surface area contributed by atoms with Crippen molar-refractivity contribution in [2.45, 2.75) is 12.8 Å². The summed E-state index contributed by atoms with van der Waals surface area (Å²) in [5.74, 6) is -1.25. The molecule has 2 N–H and O–H groups in total. The van der Waals surface area contributed by atoms with Gasteiger partial charge in [-0.1, -0.05) is 17.7 Å². The molecule has 0 fully saturated rings. The number of thiophene rings is 1. The molecule has 0 saturated heterocycles. The zero-order valence-electron chi connectivity index (χ0n) is 10.4. The van der Waals surface area contributed by atoms with Crippen molar-refractivity contribution in [2.24, 2.45) is 0 Å². The van der Waals surface area contributed by atoms with E-state index in [1.54, 1.807) is 11.3 Å². The summed E-state index contributed by atoms with van der Waals surface area (Å²) in [6.45, 7) is 0. The van der Waals surface area contributed by atoms with E-state index < -0.39 is 5.97 Å². The molecule has 6 heteroatoms. The maximum Gasteiger partial charge on any atom is 0.335 e. The van der Waals surface area contributed by atoms with Crippen LogP contribution in [0.4, 0.5) is 5.69 Å². The number of carboxylic acids is 1. The maximum atomic E-state index is 11.8. The van der Waals surface area contributed by atoms with Crippen molar-refractivity contribution in [3.63, 3.8) is 0 Å². The van der Waals surface area contributed by atoms with E-state index in [0.717, 1.165) is 4.88 Å². The number of carbonyl (C=O) groups excluding carboxylic acids is 1. The molecule has 0 aliphatic rings. The number of halogens is 1. The molecule has 1 aromatic heterocycles. The standard InChI is InChI=1S/C14H12ClNO3S/c15-10-6-9(14(18)19)7-11(8-10)16-13(17)4-3-12-2-1-5-20-12/h1-2,5-8H,3-4H2,(H,16,17)(H,18,19). The lowest BCUT2D eigenvalue weighted by Crippen LogP contribution is -2.12. The number of nitrogens with one attached hydrogen (secondary N) is 1. The lowest BCUT2D eigenvalue weighted by atomic mass is 10.2. The van der Waals surface area contributed by atoms with Crippen LogP contribution in [-0.4, -0.2) is 17.0 Å². The molecule has 1 amide bonds. The minimum absolute atomic E-state index is 0.0473. The molecular weight excluding hydrogens is 298 g/mol. The van der Waals surface area contributed by atoms with Crippen molar-refractivity contribution in [1.82, 2.24) is 0 Å². The summed E-state index contributed by atoms with van der Waals surface area (Å²) in [5.41, 5.74) is 0.442. The number of carboxylic acid groups (broad SMARTS) is 1. The molecule has 4 nitrogen and oxygen atoms in total. The molecule has 0 atom stereocenters. The van der Waals surface area contributed by atoms with Crippen LogP contribution in [0.5, 0.6) is 0 Å². The predicted octanol–water partition coefficient (Wildman–Crippen LogP) is 3.67. The lowest BCUT2D eigenvalue weighted by molar-refractivity contribution is -0.116. The van der Waals surface area contributed by atoms with Crippen molar-refractivity contribution >= 4 is 40.5 Å². The molecule has 1 heterocycles. The van der Waals surface area contributed by atoms with Gasteiger partial charge in [-0.25, -0.2) is 4.79 Å². The zero-order valence-corrected chi connectivity index (χ0v) is 12.0. The average molecular weight is 310 g/mol. The van der Waals surface area contributed by atoms with Gasteiger partial charge in [0, 0.05) is 22.0 Å². The minimum Gasteiger partial charge on any atom is -0.478 e. The number of hydrogen-bond acceptors (Lipinski definition) is 3. The van der Waals surface area contributed by atoms with Gasteiger partial charge in [-0.2, -0.15) is 0 Å². The first-order valence-corrected chi connectivity index (χ1v) is 7.16. The van der Waals surface area contributed by atoms with Gasteiger partial charge in [-0.05, 0) is 36.1 Å². The summed E-state index contributed by atoms with van der Waals surface area (Å²) in [6, 6.07) is 8.16. The molecule has 0 radical (unpaired) electrons. The Morgan fingerprint density at radius 1 is 1.30 bits per heavy atom. The first-order valence-electron chi connectivity index (χ1n) is 5.91. The van der Waals surface area contributed by atoms with Crippen LogP contribution < -0.4 is 5.32 Å². The maximum absolute atomic E-state index is 11.8. The lowest BCUT2D eigenvalue weighted by Gasteiger charge is -2.06. The Labute approximate surface area is 125 Å². The highest BCUT2D eigenvalue weighted by atomic mass is 35.5. The number of benzene rings is 1. The average Bonchev–Trinajstić information content (AvgIpc) is 2.88. The highest BCUT2D eigenvalue weighted by molar-refractivity contribution is 7.09. The molecule has 20 heavy (non-hydrogen) atoms. The number of amides is 1. The van der Waals surface area contributed by atoms with Gasteiger partial charge in [0.05, 0.1) is 5.56 Å². The van der Waals surface area contributed by atoms with E-state index >= 15 is 0 Å². The van der Waals surface area contributed by atoms with Crippen LogP contribution in [-0.2, 0) is 11.2 Å². The van der Waals surface area contributed by atoms with Crippen molar-refractivity contribution in [3.05, 3.63) is 51.2 Å². The van der Waals surface area contributed by atoms with E-state index in [0.29, 0.717) is 18.5 Å². The van der Waals surface area contributed by atoms with Crippen LogP contribution in [0, 0.1) is 0 Å². The second-order valence-corrected chi connectivity index (χ2v) is 5.63. The summed E-state index contributed by atoms with van der Waals surface area (Å²) in [5, 5.41) is 13.8. The van der Waals surface area contributed by atoms with Gasteiger partial charge in [-0.3, -0.25) is 4.79 Å². The molecule has 0 unspecified atom stereocenters. The molecule has 1 aromatic carbocycles. The van der Waals surface area contributed by atoms with Gasteiger partial charge in [0.2, 0.25) is 5.91 Å². The molecule has 0 saturated carbocycles. The quantitative estimate of drug-likeness (QED) is 0.885. The Morgan fingerprint density at radius 3 is 2.75 bits per heavy atom. The highest BCUT2D eigenvalue weighted by Crippen LogP contribution is 2.20. The summed E-state index contributed by atoms with van der Waals surface area (Å²) in [7, 11) is 0. The van der Waals surface area contributed by atoms with Crippen LogP contribution in [0.2, 0.25) is 5.02 Å². The third kappa shape index (κ3) is 4.08. The van der Waals surface area contributed by atoms with E-state index in [9.17, 15) is 9.59 Å². The fourth-order valence-electron chi connectivity index (χ4n) is 1.70. The number of carbonyl (C=O) groups is 2. The molecule has 0 aliphatic carbocycles. The monoisotopic (exact) mass is 309 g/mol. The predicted molar refractivity (Wildman–Crippen MR) is 79.7 cm³/mol. The second kappa shape index (κ2) is 6.54. The molecule has 0 bridgehead atoms. The number of anilines is 1. The normalized spacial score (nSPS) is 10.2. The van der Waals surface area contributed by atoms with Gasteiger partial charge in [0.1, 0.15) is 0 Å². The fourth-order valence-corrected chi connectivity index (χ4v) is 2.64. The van der Waals surface area contributed by atoms with E-state index in [1.165, 1.54) is 18.2 Å². The van der Waals surface area contributed by atoms with Gasteiger partial charge >= 0.3 is 5.97 Å². The van der Waals surface area contributed by atoms with E-state index in [-0.39, 0.29) is 16.5 Å². The van der Waals surface area contributed by atoms with Crippen LogP contribution >= 0.6 is 22.9 Å². The van der Waals surface area contributed by atoms with Crippen LogP contribution in [0.3, 0.4) is 0 Å². The molecule has 2 rings (SSSR count). The smallest absolute Gasteiger partial charge is 0.335 e. The van der Waals surface area contributed by atoms with E-state index in [1.807, 2.05) is 17.5 Å². The Hall–Kier alpha value is -1.85. The summed E-state index contributed by atoms with van der Waals surface area (Å²) < 4.78 is 0. The van der Waals surface area contributed by atoms with Crippen molar-refractivity contribution in [2.75, 3.05) is 5.32 Å². The Morgan fingerprint density at radius 2 is 2.10 bits per heavy atom. The third-order valence-corrected chi connectivity index (χ3v) is 3.76. The van der Waals surface area contributed by atoms with Gasteiger partial charge in [0.25, 0.3) is 0 Å². The van der Waals surface area contributed by atoms with Gasteiger partial charge in [0.15, 0.2) is 0 Å². The molecular formula is C14H12ClNO3S. The summed E-state index contributed by atoms with van der Waals surface area (Å²) in [4.78, 5) is 23.8. The van der Waals surface area contributed by atoms with Gasteiger partial charge < -0.3 is 10.4 Å². The summed E-state index contributed by atoms with van der Waals surface area (Å²) >= 11 is 7.42. The van der Waals surface area contributed by atoms with E-state index in [2.05, 4.69) is 5.32 Å². The SMILES string of the molecule is O=C(CCc1cccs1)Nc1cc(Cl)cc(C(=O)O)c1. The first-order chi connectivity index (χ1) is 9.54. The van der Waals surface area contributed by atoms with Crippen LogP contribution in [0.1, 0.15) is 21.7 Å². The number of aryl methyl sites for hydroxylation is 1. The Kier molecular flexibility index (Phi) is 4.76. The fraction of sp³-hybridized carbons (Fsp3) is 0.143. The second-order valence-electron chi connectivity index (χ2n) is 4.16. The van der Waals surface area contributed by atoms with Crippen LogP contribution in [0.15, 0.2) is 35.7 Å². The molecule has 0 aliphatic heterocycles. The van der Waals surface area contributed by atoms with Crippen molar-refractivity contribution in [3.8, 4) is 0 Å². The highest BCUT2D eigenvalue weighted by Gasteiger charge is 2.09. The topological polar surface area (TPSA) is 66.4 Å². The first kappa shape index (κ1) is 14.6.